The highest BCUT2D eigenvalue weighted by Gasteiger charge is 2.32. The van der Waals surface area contributed by atoms with Gasteiger partial charge in [0.05, 0.1) is 29.0 Å². The highest BCUT2D eigenvalue weighted by Crippen LogP contribution is 2.33. The summed E-state index contributed by atoms with van der Waals surface area (Å²) < 4.78 is 43.2. The van der Waals surface area contributed by atoms with Crippen LogP contribution in [0.3, 0.4) is 0 Å². The summed E-state index contributed by atoms with van der Waals surface area (Å²) in [6.45, 7) is 0. The van der Waals surface area contributed by atoms with E-state index in [4.69, 9.17) is 11.6 Å². The highest BCUT2D eigenvalue weighted by molar-refractivity contribution is 6.30. The Kier molecular flexibility index (Phi) is 4.18. The summed E-state index contributed by atoms with van der Waals surface area (Å²) in [4.78, 5) is 15.4. The number of ether oxygens (including phenoxy) is 1. The zero-order valence-corrected chi connectivity index (χ0v) is 11.5. The molecule has 7 heteroatoms. The maximum atomic E-state index is 12.9. The molecule has 0 aliphatic heterocycles. The van der Waals surface area contributed by atoms with E-state index >= 15 is 0 Å². The number of alkyl halides is 3. The lowest BCUT2D eigenvalue weighted by Crippen LogP contribution is -2.09. The number of benzene rings is 1. The molecule has 1 aromatic carbocycles. The quantitative estimate of drug-likeness (QED) is 0.779. The number of carbonyl (C=O) groups excluding carboxylic acids is 1. The van der Waals surface area contributed by atoms with Gasteiger partial charge in [-0.05, 0) is 30.3 Å². The van der Waals surface area contributed by atoms with Crippen molar-refractivity contribution >= 4 is 17.6 Å². The first kappa shape index (κ1) is 15.3. The summed E-state index contributed by atoms with van der Waals surface area (Å²) in [5.41, 5.74) is -0.714. The second kappa shape index (κ2) is 5.73. The molecule has 0 atom stereocenters. The Hall–Kier alpha value is -2.08. The molecule has 0 radical (unpaired) electrons. The van der Waals surface area contributed by atoms with Crippen LogP contribution in [0.5, 0.6) is 0 Å². The SMILES string of the molecule is COC(=O)c1cc(-c2ccc(Cl)cn2)cc(C(F)(F)F)c1. The number of halogens is 4. The number of hydrogen-bond acceptors (Lipinski definition) is 3. The molecule has 21 heavy (non-hydrogen) atoms. The number of esters is 1. The van der Waals surface area contributed by atoms with Gasteiger partial charge >= 0.3 is 12.1 Å². The Labute approximate surface area is 123 Å². The number of pyridine rings is 1. The van der Waals surface area contributed by atoms with E-state index in [9.17, 15) is 18.0 Å². The van der Waals surface area contributed by atoms with Crippen LogP contribution >= 0.6 is 11.6 Å². The van der Waals surface area contributed by atoms with Gasteiger partial charge in [-0.25, -0.2) is 4.79 Å². The summed E-state index contributed by atoms with van der Waals surface area (Å²) in [5.74, 6) is -0.851. The number of nitrogens with zero attached hydrogens (tertiary/aromatic N) is 1. The fraction of sp³-hybridized carbons (Fsp3) is 0.143. The van der Waals surface area contributed by atoms with E-state index in [-0.39, 0.29) is 16.8 Å². The average Bonchev–Trinajstić information content (AvgIpc) is 2.45. The van der Waals surface area contributed by atoms with Gasteiger partial charge in [-0.1, -0.05) is 11.6 Å². The maximum absolute atomic E-state index is 12.9. The molecule has 1 heterocycles. The van der Waals surface area contributed by atoms with Crippen LogP contribution in [0.2, 0.25) is 5.02 Å². The first-order chi connectivity index (χ1) is 9.81. The molecule has 0 unspecified atom stereocenters. The molecule has 110 valence electrons. The fourth-order valence-corrected chi connectivity index (χ4v) is 1.83. The van der Waals surface area contributed by atoms with E-state index in [2.05, 4.69) is 9.72 Å². The van der Waals surface area contributed by atoms with Crippen molar-refractivity contribution in [2.24, 2.45) is 0 Å². The number of methoxy groups -OCH3 is 1. The molecule has 0 saturated carbocycles. The van der Waals surface area contributed by atoms with Crippen molar-refractivity contribution in [3.63, 3.8) is 0 Å². The smallest absolute Gasteiger partial charge is 0.416 e. The summed E-state index contributed by atoms with van der Waals surface area (Å²) in [7, 11) is 1.10. The van der Waals surface area contributed by atoms with Crippen molar-refractivity contribution in [3.8, 4) is 11.3 Å². The number of rotatable bonds is 2. The van der Waals surface area contributed by atoms with E-state index in [1.165, 1.54) is 24.4 Å². The first-order valence-corrected chi connectivity index (χ1v) is 6.11. The van der Waals surface area contributed by atoms with Crippen molar-refractivity contribution in [1.82, 2.24) is 4.98 Å². The minimum Gasteiger partial charge on any atom is -0.465 e. The second-order valence-electron chi connectivity index (χ2n) is 4.15. The van der Waals surface area contributed by atoms with Gasteiger partial charge in [0.15, 0.2) is 0 Å². The highest BCUT2D eigenvalue weighted by atomic mass is 35.5. The van der Waals surface area contributed by atoms with Crippen LogP contribution in [0.15, 0.2) is 36.5 Å². The van der Waals surface area contributed by atoms with Gasteiger partial charge < -0.3 is 4.74 Å². The number of carbonyl (C=O) groups is 1. The van der Waals surface area contributed by atoms with Gasteiger partial charge in [-0.2, -0.15) is 13.2 Å². The van der Waals surface area contributed by atoms with Gasteiger partial charge in [0.25, 0.3) is 0 Å². The lowest BCUT2D eigenvalue weighted by Gasteiger charge is -2.11. The minimum atomic E-state index is -4.58. The summed E-state index contributed by atoms with van der Waals surface area (Å²) in [6, 6.07) is 5.92. The van der Waals surface area contributed by atoms with Crippen LogP contribution in [0.4, 0.5) is 13.2 Å². The Bertz CT molecular complexity index is 669. The van der Waals surface area contributed by atoms with Crippen LogP contribution in [-0.4, -0.2) is 18.1 Å². The molecule has 0 aliphatic carbocycles. The van der Waals surface area contributed by atoms with E-state index in [1.54, 1.807) is 0 Å². The molecule has 0 saturated heterocycles. The maximum Gasteiger partial charge on any atom is 0.416 e. The second-order valence-corrected chi connectivity index (χ2v) is 4.59. The molecule has 2 rings (SSSR count). The molecule has 0 spiro atoms. The van der Waals surface area contributed by atoms with Crippen molar-refractivity contribution in [1.29, 1.82) is 0 Å². The van der Waals surface area contributed by atoms with Crippen molar-refractivity contribution in [3.05, 3.63) is 52.7 Å². The lowest BCUT2D eigenvalue weighted by atomic mass is 10.0. The minimum absolute atomic E-state index is 0.155. The zero-order chi connectivity index (χ0) is 15.6. The molecular formula is C14H9ClF3NO2. The number of hydrogen-bond donors (Lipinski definition) is 0. The molecule has 2 aromatic rings. The Morgan fingerprint density at radius 1 is 1.24 bits per heavy atom. The van der Waals surface area contributed by atoms with Gasteiger partial charge in [0.1, 0.15) is 0 Å². The predicted octanol–water partition coefficient (Wildman–Crippen LogP) is 4.21. The first-order valence-electron chi connectivity index (χ1n) is 5.74. The van der Waals surface area contributed by atoms with Gasteiger partial charge in [-0.3, -0.25) is 4.98 Å². The molecule has 0 bridgehead atoms. The third-order valence-electron chi connectivity index (χ3n) is 2.70. The van der Waals surface area contributed by atoms with Crippen LogP contribution in [-0.2, 0) is 10.9 Å². The van der Waals surface area contributed by atoms with E-state index in [0.29, 0.717) is 5.02 Å². The zero-order valence-electron chi connectivity index (χ0n) is 10.7. The molecule has 3 nitrogen and oxygen atoms in total. The molecule has 0 aliphatic rings. The number of aromatic nitrogens is 1. The third-order valence-corrected chi connectivity index (χ3v) is 2.93. The van der Waals surface area contributed by atoms with E-state index < -0.39 is 17.7 Å². The monoisotopic (exact) mass is 315 g/mol. The van der Waals surface area contributed by atoms with Crippen LogP contribution in [0, 0.1) is 0 Å². The largest absolute Gasteiger partial charge is 0.465 e. The van der Waals surface area contributed by atoms with Gasteiger partial charge in [-0.15, -0.1) is 0 Å². The van der Waals surface area contributed by atoms with Crippen LogP contribution in [0.25, 0.3) is 11.3 Å². The topological polar surface area (TPSA) is 39.2 Å². The average molecular weight is 316 g/mol. The Morgan fingerprint density at radius 3 is 2.48 bits per heavy atom. The van der Waals surface area contributed by atoms with Crippen molar-refractivity contribution in [2.75, 3.05) is 7.11 Å². The predicted molar refractivity (Wildman–Crippen MR) is 71.0 cm³/mol. The summed E-state index contributed by atoms with van der Waals surface area (Å²) >= 11 is 5.69. The molecule has 0 fully saturated rings. The van der Waals surface area contributed by atoms with E-state index in [0.717, 1.165) is 19.2 Å². The molecule has 1 aromatic heterocycles. The molecule has 0 amide bonds. The lowest BCUT2D eigenvalue weighted by molar-refractivity contribution is -0.137. The van der Waals surface area contributed by atoms with Crippen molar-refractivity contribution in [2.45, 2.75) is 6.18 Å². The molecule has 0 N–H and O–H groups in total. The Balaban J connectivity index is 2.59. The standard InChI is InChI=1S/C14H9ClF3NO2/c1-21-13(20)9-4-8(5-10(6-9)14(16,17)18)12-3-2-11(15)7-19-12/h2-7H,1H3. The van der Waals surface area contributed by atoms with Crippen LogP contribution < -0.4 is 0 Å². The van der Waals surface area contributed by atoms with Crippen LogP contribution in [0.1, 0.15) is 15.9 Å². The Morgan fingerprint density at radius 2 is 1.95 bits per heavy atom. The normalized spacial score (nSPS) is 11.3. The fourth-order valence-electron chi connectivity index (χ4n) is 1.72. The van der Waals surface area contributed by atoms with Gasteiger partial charge in [0.2, 0.25) is 0 Å². The van der Waals surface area contributed by atoms with Gasteiger partial charge in [0, 0.05) is 11.8 Å². The van der Waals surface area contributed by atoms with E-state index in [1.807, 2.05) is 0 Å². The third kappa shape index (κ3) is 3.52. The van der Waals surface area contributed by atoms with Crippen molar-refractivity contribution < 1.29 is 22.7 Å². The summed E-state index contributed by atoms with van der Waals surface area (Å²) in [6.07, 6.45) is -3.26. The molecular weight excluding hydrogens is 307 g/mol. The summed E-state index contributed by atoms with van der Waals surface area (Å²) in [5, 5.41) is 0.360.